The van der Waals surface area contributed by atoms with Crippen molar-refractivity contribution in [3.8, 4) is 0 Å². The van der Waals surface area contributed by atoms with Gasteiger partial charge in [0.25, 0.3) is 0 Å². The van der Waals surface area contributed by atoms with Gasteiger partial charge in [-0.25, -0.2) is 0 Å². The molecule has 0 aliphatic heterocycles. The van der Waals surface area contributed by atoms with E-state index in [0.717, 1.165) is 4.90 Å². The number of nitrogens with zero attached hydrogens (tertiary/aromatic N) is 1. The minimum atomic E-state index is -0.842. The first-order valence-corrected chi connectivity index (χ1v) is 7.39. The van der Waals surface area contributed by atoms with E-state index in [1.54, 1.807) is 19.3 Å². The number of pyridine rings is 1. The van der Waals surface area contributed by atoms with Gasteiger partial charge in [0.05, 0.1) is 11.4 Å². The number of rotatable bonds is 7. The van der Waals surface area contributed by atoms with Crippen molar-refractivity contribution in [1.29, 1.82) is 0 Å². The zero-order chi connectivity index (χ0) is 14.3. The molecule has 0 radical (unpaired) electrons. The smallest absolute Gasteiger partial charge is 0.230 e. The van der Waals surface area contributed by atoms with Crippen LogP contribution in [0.2, 0.25) is 0 Å². The van der Waals surface area contributed by atoms with Gasteiger partial charge in [0, 0.05) is 23.8 Å². The highest BCUT2D eigenvalue weighted by Gasteiger charge is 2.22. The van der Waals surface area contributed by atoms with E-state index in [-0.39, 0.29) is 5.91 Å². The predicted molar refractivity (Wildman–Crippen MR) is 78.0 cm³/mol. The molecule has 19 heavy (non-hydrogen) atoms. The molecule has 0 saturated carbocycles. The van der Waals surface area contributed by atoms with Gasteiger partial charge in [-0.15, -0.1) is 11.8 Å². The molecular weight excluding hydrogens is 260 g/mol. The third-order valence-electron chi connectivity index (χ3n) is 2.53. The zero-order valence-electron chi connectivity index (χ0n) is 11.7. The molecule has 0 aliphatic carbocycles. The second-order valence-electron chi connectivity index (χ2n) is 5.34. The van der Waals surface area contributed by atoms with Crippen molar-refractivity contribution in [3.63, 3.8) is 0 Å². The Hall–Kier alpha value is -1.07. The molecule has 1 unspecified atom stereocenters. The highest BCUT2D eigenvalue weighted by atomic mass is 32.2. The Labute approximate surface area is 119 Å². The molecule has 106 valence electrons. The number of thioether (sulfide) groups is 1. The van der Waals surface area contributed by atoms with Gasteiger partial charge in [-0.2, -0.15) is 0 Å². The number of hydrogen-bond donors (Lipinski definition) is 2. The average molecular weight is 282 g/mol. The highest BCUT2D eigenvalue weighted by Crippen LogP contribution is 2.17. The lowest BCUT2D eigenvalue weighted by atomic mass is 9.94. The largest absolute Gasteiger partial charge is 0.388 e. The molecular formula is C14H22N2O2S. The Morgan fingerprint density at radius 3 is 2.68 bits per heavy atom. The van der Waals surface area contributed by atoms with Crippen LogP contribution in [0.25, 0.3) is 0 Å². The average Bonchev–Trinajstić information content (AvgIpc) is 2.34. The van der Waals surface area contributed by atoms with Gasteiger partial charge in [-0.1, -0.05) is 13.8 Å². The minimum Gasteiger partial charge on any atom is -0.388 e. The van der Waals surface area contributed by atoms with E-state index >= 15 is 0 Å². The molecule has 1 heterocycles. The van der Waals surface area contributed by atoms with Crippen LogP contribution in [0.5, 0.6) is 0 Å². The van der Waals surface area contributed by atoms with Crippen molar-refractivity contribution in [2.24, 2.45) is 5.92 Å². The van der Waals surface area contributed by atoms with Gasteiger partial charge in [-0.3, -0.25) is 9.78 Å². The number of carbonyl (C=O) groups excluding carboxylic acids is 1. The maximum absolute atomic E-state index is 11.7. The van der Waals surface area contributed by atoms with Crippen LogP contribution in [0, 0.1) is 5.92 Å². The summed E-state index contributed by atoms with van der Waals surface area (Å²) in [6.07, 6.45) is 4.08. The summed E-state index contributed by atoms with van der Waals surface area (Å²) in [5.74, 6) is 0.686. The molecule has 1 aromatic heterocycles. The lowest BCUT2D eigenvalue weighted by molar-refractivity contribution is -0.119. The molecule has 1 aromatic rings. The first-order chi connectivity index (χ1) is 8.89. The van der Waals surface area contributed by atoms with Crippen molar-refractivity contribution in [1.82, 2.24) is 10.3 Å². The number of hydrogen-bond acceptors (Lipinski definition) is 4. The van der Waals surface area contributed by atoms with Crippen LogP contribution in [0.3, 0.4) is 0 Å². The van der Waals surface area contributed by atoms with Crippen LogP contribution in [0.4, 0.5) is 0 Å². The SMILES string of the molecule is CC(C)CC(C)(O)CNC(=O)CSc1ccncc1. The summed E-state index contributed by atoms with van der Waals surface area (Å²) in [4.78, 5) is 16.6. The van der Waals surface area contributed by atoms with Crippen LogP contribution in [0.1, 0.15) is 27.2 Å². The molecule has 2 N–H and O–H groups in total. The van der Waals surface area contributed by atoms with Gasteiger partial charge >= 0.3 is 0 Å². The summed E-state index contributed by atoms with van der Waals surface area (Å²) >= 11 is 1.46. The summed E-state index contributed by atoms with van der Waals surface area (Å²) < 4.78 is 0. The van der Waals surface area contributed by atoms with Gasteiger partial charge < -0.3 is 10.4 Å². The molecule has 0 aliphatic rings. The topological polar surface area (TPSA) is 62.2 Å². The number of aromatic nitrogens is 1. The molecule has 0 aromatic carbocycles. The molecule has 1 atom stereocenters. The second-order valence-corrected chi connectivity index (χ2v) is 6.39. The van der Waals surface area contributed by atoms with E-state index in [4.69, 9.17) is 0 Å². The minimum absolute atomic E-state index is 0.0640. The summed E-state index contributed by atoms with van der Waals surface area (Å²) in [6.45, 7) is 6.15. The Bertz CT molecular complexity index is 394. The molecule has 1 amide bonds. The first kappa shape index (κ1) is 16.0. The molecule has 4 nitrogen and oxygen atoms in total. The zero-order valence-corrected chi connectivity index (χ0v) is 12.5. The Morgan fingerprint density at radius 2 is 2.11 bits per heavy atom. The third-order valence-corrected chi connectivity index (χ3v) is 3.55. The van der Waals surface area contributed by atoms with Crippen LogP contribution in [0.15, 0.2) is 29.4 Å². The quantitative estimate of drug-likeness (QED) is 0.752. The fraction of sp³-hybridized carbons (Fsp3) is 0.571. The fourth-order valence-corrected chi connectivity index (χ4v) is 2.59. The Kier molecular flexibility index (Phi) is 6.31. The fourth-order valence-electron chi connectivity index (χ4n) is 1.88. The maximum atomic E-state index is 11.7. The van der Waals surface area contributed by atoms with E-state index in [0.29, 0.717) is 24.6 Å². The van der Waals surface area contributed by atoms with E-state index in [1.807, 2.05) is 12.1 Å². The standard InChI is InChI=1S/C14H22N2O2S/c1-11(2)8-14(3,18)10-16-13(17)9-19-12-4-6-15-7-5-12/h4-7,11,18H,8-10H2,1-3H3,(H,16,17). The van der Waals surface area contributed by atoms with Gasteiger partial charge in [0.2, 0.25) is 5.91 Å². The van der Waals surface area contributed by atoms with Crippen LogP contribution < -0.4 is 5.32 Å². The van der Waals surface area contributed by atoms with E-state index in [1.165, 1.54) is 11.8 Å². The summed E-state index contributed by atoms with van der Waals surface area (Å²) in [6, 6.07) is 3.74. The number of carbonyl (C=O) groups is 1. The third kappa shape index (κ3) is 7.18. The van der Waals surface area contributed by atoms with E-state index in [2.05, 4.69) is 24.1 Å². The van der Waals surface area contributed by atoms with Crippen LogP contribution in [-0.2, 0) is 4.79 Å². The molecule has 0 bridgehead atoms. The van der Waals surface area contributed by atoms with Crippen molar-refractivity contribution in [2.75, 3.05) is 12.3 Å². The van der Waals surface area contributed by atoms with Crippen LogP contribution in [-0.4, -0.2) is 33.9 Å². The number of aliphatic hydroxyl groups is 1. The normalized spacial score (nSPS) is 14.2. The van der Waals surface area contributed by atoms with Crippen molar-refractivity contribution < 1.29 is 9.90 Å². The monoisotopic (exact) mass is 282 g/mol. The van der Waals surface area contributed by atoms with Crippen LogP contribution >= 0.6 is 11.8 Å². The summed E-state index contributed by atoms with van der Waals surface area (Å²) in [7, 11) is 0. The maximum Gasteiger partial charge on any atom is 0.230 e. The summed E-state index contributed by atoms with van der Waals surface area (Å²) in [5.41, 5.74) is -0.842. The van der Waals surface area contributed by atoms with Gasteiger partial charge in [0.1, 0.15) is 0 Å². The lowest BCUT2D eigenvalue weighted by Crippen LogP contribution is -2.42. The van der Waals surface area contributed by atoms with Crippen molar-refractivity contribution in [2.45, 2.75) is 37.7 Å². The molecule has 1 rings (SSSR count). The first-order valence-electron chi connectivity index (χ1n) is 6.41. The molecule has 0 saturated heterocycles. The van der Waals surface area contributed by atoms with Crippen molar-refractivity contribution >= 4 is 17.7 Å². The molecule has 0 fully saturated rings. The highest BCUT2D eigenvalue weighted by molar-refractivity contribution is 8.00. The van der Waals surface area contributed by atoms with Crippen molar-refractivity contribution in [3.05, 3.63) is 24.5 Å². The van der Waals surface area contributed by atoms with E-state index in [9.17, 15) is 9.90 Å². The molecule has 0 spiro atoms. The molecule has 5 heteroatoms. The lowest BCUT2D eigenvalue weighted by Gasteiger charge is -2.25. The van der Waals surface area contributed by atoms with Gasteiger partial charge in [-0.05, 0) is 31.4 Å². The van der Waals surface area contributed by atoms with Gasteiger partial charge in [0.15, 0.2) is 0 Å². The number of amides is 1. The number of nitrogens with one attached hydrogen (secondary N) is 1. The van der Waals surface area contributed by atoms with E-state index < -0.39 is 5.60 Å². The second kappa shape index (κ2) is 7.50. The Balaban J connectivity index is 2.28. The Morgan fingerprint density at radius 1 is 1.47 bits per heavy atom. The predicted octanol–water partition coefficient (Wildman–Crippen LogP) is 2.09. The summed E-state index contributed by atoms with van der Waals surface area (Å²) in [5, 5.41) is 12.9.